The molecule has 0 radical (unpaired) electrons. The molecule has 0 aliphatic carbocycles. The van der Waals surface area contributed by atoms with E-state index in [1.54, 1.807) is 0 Å². The first-order valence-electron chi connectivity index (χ1n) is 9.57. The van der Waals surface area contributed by atoms with Gasteiger partial charge in [0.2, 0.25) is 5.95 Å². The second kappa shape index (κ2) is 8.20. The lowest BCUT2D eigenvalue weighted by molar-refractivity contribution is 0.0326. The highest BCUT2D eigenvalue weighted by molar-refractivity contribution is 7.99. The van der Waals surface area contributed by atoms with E-state index in [9.17, 15) is 5.11 Å². The molecule has 1 aromatic rings. The van der Waals surface area contributed by atoms with E-state index in [0.717, 1.165) is 62.3 Å². The number of hydrogen-bond donors (Lipinski definition) is 1. The Morgan fingerprint density at radius 3 is 2.92 bits per heavy atom. The van der Waals surface area contributed by atoms with E-state index in [4.69, 9.17) is 4.98 Å². The Hall–Kier alpha value is -0.890. The summed E-state index contributed by atoms with van der Waals surface area (Å²) in [6.07, 6.45) is 5.38. The van der Waals surface area contributed by atoms with E-state index in [1.165, 1.54) is 19.4 Å². The van der Waals surface area contributed by atoms with Gasteiger partial charge >= 0.3 is 0 Å². The molecule has 0 bridgehead atoms. The zero-order valence-corrected chi connectivity index (χ0v) is 15.7. The van der Waals surface area contributed by atoms with Gasteiger partial charge in [-0.2, -0.15) is 11.8 Å². The fourth-order valence-electron chi connectivity index (χ4n) is 4.36. The van der Waals surface area contributed by atoms with E-state index in [1.807, 2.05) is 18.0 Å². The fraction of sp³-hybridized carbons (Fsp3) is 0.778. The first-order chi connectivity index (χ1) is 12.3. The summed E-state index contributed by atoms with van der Waals surface area (Å²) in [6.45, 7) is 6.64. The summed E-state index contributed by atoms with van der Waals surface area (Å²) in [5.74, 6) is 3.21. The Balaban J connectivity index is 1.45. The molecule has 3 aliphatic heterocycles. The Morgan fingerprint density at radius 2 is 2.08 bits per heavy atom. The van der Waals surface area contributed by atoms with Crippen molar-refractivity contribution in [2.45, 2.75) is 37.9 Å². The van der Waals surface area contributed by atoms with Crippen molar-refractivity contribution >= 4 is 17.7 Å². The number of hydrogen-bond acceptors (Lipinski definition) is 7. The monoisotopic (exact) mass is 363 g/mol. The van der Waals surface area contributed by atoms with Gasteiger partial charge < -0.3 is 10.0 Å². The molecule has 3 fully saturated rings. The van der Waals surface area contributed by atoms with E-state index < -0.39 is 0 Å². The van der Waals surface area contributed by atoms with Gasteiger partial charge in [-0.3, -0.25) is 9.80 Å². The first-order valence-corrected chi connectivity index (χ1v) is 10.7. The number of rotatable bonds is 5. The molecule has 138 valence electrons. The predicted octanol–water partition coefficient (Wildman–Crippen LogP) is 1.06. The van der Waals surface area contributed by atoms with Crippen LogP contribution in [0, 0.1) is 0 Å². The van der Waals surface area contributed by atoms with E-state index in [2.05, 4.69) is 25.8 Å². The molecule has 4 rings (SSSR count). The van der Waals surface area contributed by atoms with Gasteiger partial charge in [-0.15, -0.1) is 0 Å². The van der Waals surface area contributed by atoms with Crippen LogP contribution in [0.25, 0.3) is 0 Å². The molecule has 0 spiro atoms. The topological polar surface area (TPSA) is 55.7 Å². The maximum atomic E-state index is 9.48. The quantitative estimate of drug-likeness (QED) is 0.839. The van der Waals surface area contributed by atoms with Crippen molar-refractivity contribution < 1.29 is 5.11 Å². The van der Waals surface area contributed by atoms with Gasteiger partial charge in [0, 0.05) is 69.1 Å². The fourth-order valence-corrected chi connectivity index (χ4v) is 5.26. The lowest BCUT2D eigenvalue weighted by Crippen LogP contribution is -2.55. The van der Waals surface area contributed by atoms with Crippen LogP contribution in [0.4, 0.5) is 5.95 Å². The SMILES string of the molecule is OCC[C@H]1CN2CCCC2CN1Cc1ccnc(N2CCSCC2)n1. The van der Waals surface area contributed by atoms with Gasteiger partial charge in [0.25, 0.3) is 0 Å². The maximum absolute atomic E-state index is 9.48. The van der Waals surface area contributed by atoms with Crippen molar-refractivity contribution in [2.75, 3.05) is 55.7 Å². The van der Waals surface area contributed by atoms with Crippen LogP contribution in [0.1, 0.15) is 25.0 Å². The molecule has 1 unspecified atom stereocenters. The lowest BCUT2D eigenvalue weighted by Gasteiger charge is -2.43. The molecular formula is C18H29N5OS. The van der Waals surface area contributed by atoms with Crippen LogP contribution in [0.5, 0.6) is 0 Å². The van der Waals surface area contributed by atoms with Crippen molar-refractivity contribution in [1.29, 1.82) is 0 Å². The molecule has 0 amide bonds. The molecule has 25 heavy (non-hydrogen) atoms. The van der Waals surface area contributed by atoms with Crippen LogP contribution < -0.4 is 4.90 Å². The highest BCUT2D eigenvalue weighted by Gasteiger charge is 2.36. The van der Waals surface area contributed by atoms with Crippen LogP contribution in [-0.2, 0) is 6.54 Å². The van der Waals surface area contributed by atoms with E-state index in [-0.39, 0.29) is 6.61 Å². The zero-order chi connectivity index (χ0) is 17.1. The minimum Gasteiger partial charge on any atom is -0.396 e. The van der Waals surface area contributed by atoms with Crippen molar-refractivity contribution in [2.24, 2.45) is 0 Å². The first kappa shape index (κ1) is 17.5. The Kier molecular flexibility index (Phi) is 5.75. The maximum Gasteiger partial charge on any atom is 0.225 e. The molecule has 6 nitrogen and oxygen atoms in total. The Morgan fingerprint density at radius 1 is 1.20 bits per heavy atom. The van der Waals surface area contributed by atoms with Gasteiger partial charge in [0.05, 0.1) is 5.69 Å². The second-order valence-electron chi connectivity index (χ2n) is 7.33. The van der Waals surface area contributed by atoms with E-state index in [0.29, 0.717) is 12.1 Å². The summed E-state index contributed by atoms with van der Waals surface area (Å²) >= 11 is 2.01. The summed E-state index contributed by atoms with van der Waals surface area (Å²) in [5.41, 5.74) is 1.11. The molecular weight excluding hydrogens is 334 g/mol. The van der Waals surface area contributed by atoms with Crippen LogP contribution in [-0.4, -0.2) is 87.8 Å². The van der Waals surface area contributed by atoms with Crippen LogP contribution >= 0.6 is 11.8 Å². The van der Waals surface area contributed by atoms with Gasteiger partial charge in [-0.05, 0) is 31.9 Å². The molecule has 7 heteroatoms. The summed E-state index contributed by atoms with van der Waals surface area (Å²) in [6, 6.07) is 3.18. The van der Waals surface area contributed by atoms with Crippen molar-refractivity contribution in [3.8, 4) is 0 Å². The number of aliphatic hydroxyl groups excluding tert-OH is 1. The Labute approximate surface area is 154 Å². The third-order valence-corrected chi connectivity index (χ3v) is 6.67. The molecule has 3 aliphatic rings. The molecule has 2 atom stereocenters. The highest BCUT2D eigenvalue weighted by Crippen LogP contribution is 2.27. The molecule has 4 heterocycles. The minimum atomic E-state index is 0.264. The number of aliphatic hydroxyl groups is 1. The second-order valence-corrected chi connectivity index (χ2v) is 8.56. The minimum absolute atomic E-state index is 0.264. The van der Waals surface area contributed by atoms with Crippen LogP contribution in [0.15, 0.2) is 12.3 Å². The lowest BCUT2D eigenvalue weighted by atomic mass is 10.0. The van der Waals surface area contributed by atoms with Gasteiger partial charge in [-0.1, -0.05) is 0 Å². The van der Waals surface area contributed by atoms with Gasteiger partial charge in [0.1, 0.15) is 0 Å². The number of anilines is 1. The third kappa shape index (κ3) is 4.10. The molecule has 0 aromatic carbocycles. The summed E-state index contributed by atoms with van der Waals surface area (Å²) in [4.78, 5) is 16.8. The number of fused-ring (bicyclic) bond motifs is 1. The highest BCUT2D eigenvalue weighted by atomic mass is 32.2. The van der Waals surface area contributed by atoms with Crippen molar-refractivity contribution in [3.63, 3.8) is 0 Å². The number of aromatic nitrogens is 2. The van der Waals surface area contributed by atoms with Crippen LogP contribution in [0.2, 0.25) is 0 Å². The van der Waals surface area contributed by atoms with Gasteiger partial charge in [-0.25, -0.2) is 9.97 Å². The number of thioether (sulfide) groups is 1. The largest absolute Gasteiger partial charge is 0.396 e. The Bertz CT molecular complexity index is 568. The van der Waals surface area contributed by atoms with Crippen LogP contribution in [0.3, 0.4) is 0 Å². The zero-order valence-electron chi connectivity index (χ0n) is 14.9. The normalized spacial score (nSPS) is 28.3. The summed E-state index contributed by atoms with van der Waals surface area (Å²) in [5, 5.41) is 9.48. The summed E-state index contributed by atoms with van der Waals surface area (Å²) < 4.78 is 0. The molecule has 3 saturated heterocycles. The standard InChI is InChI=1S/C18H29N5OS/c24-9-4-17-13-22-6-1-2-16(22)14-23(17)12-15-3-5-19-18(20-15)21-7-10-25-11-8-21/h3,5,16-17,24H,1-2,4,6-14H2/t16?,17-/m0/s1. The number of nitrogens with zero attached hydrogens (tertiary/aromatic N) is 5. The molecule has 1 N–H and O–H groups in total. The molecule has 1 aromatic heterocycles. The number of piperazine rings is 1. The van der Waals surface area contributed by atoms with Crippen molar-refractivity contribution in [1.82, 2.24) is 19.8 Å². The van der Waals surface area contributed by atoms with Gasteiger partial charge in [0.15, 0.2) is 0 Å². The third-order valence-electron chi connectivity index (χ3n) is 5.73. The predicted molar refractivity (Wildman–Crippen MR) is 102 cm³/mol. The average molecular weight is 364 g/mol. The smallest absolute Gasteiger partial charge is 0.225 e. The van der Waals surface area contributed by atoms with Crippen molar-refractivity contribution in [3.05, 3.63) is 18.0 Å². The summed E-state index contributed by atoms with van der Waals surface area (Å²) in [7, 11) is 0. The van der Waals surface area contributed by atoms with E-state index >= 15 is 0 Å². The molecule has 0 saturated carbocycles. The average Bonchev–Trinajstić information content (AvgIpc) is 3.10.